The Hall–Kier alpha value is -3.86. The molecule has 0 saturated carbocycles. The van der Waals surface area contributed by atoms with Crippen LogP contribution in [0.1, 0.15) is 11.1 Å². The lowest BCUT2D eigenvalue weighted by Gasteiger charge is -2.13. The SMILES string of the molecule is COc1cc(/C=C(/C#N)C(=O)N(C)C)c([N+](=O)[O-])cc1OCc1ccccc1. The number of rotatable bonds is 7. The molecule has 2 aromatic rings. The van der Waals surface area contributed by atoms with Gasteiger partial charge in [-0.05, 0) is 17.7 Å². The zero-order valence-electron chi connectivity index (χ0n) is 15.7. The zero-order valence-corrected chi connectivity index (χ0v) is 15.7. The molecule has 0 aromatic heterocycles. The van der Waals surface area contributed by atoms with Gasteiger partial charge in [0.05, 0.1) is 23.7 Å². The number of amides is 1. The third-order valence-electron chi connectivity index (χ3n) is 3.80. The summed E-state index contributed by atoms with van der Waals surface area (Å²) in [4.78, 5) is 24.2. The van der Waals surface area contributed by atoms with Gasteiger partial charge in [0.25, 0.3) is 11.6 Å². The van der Waals surface area contributed by atoms with Gasteiger partial charge in [-0.25, -0.2) is 0 Å². The summed E-state index contributed by atoms with van der Waals surface area (Å²) >= 11 is 0. The van der Waals surface area contributed by atoms with E-state index in [1.807, 2.05) is 30.3 Å². The highest BCUT2D eigenvalue weighted by atomic mass is 16.6. The molecule has 144 valence electrons. The third-order valence-corrected chi connectivity index (χ3v) is 3.80. The summed E-state index contributed by atoms with van der Waals surface area (Å²) in [5.74, 6) is -0.116. The van der Waals surface area contributed by atoms with Crippen molar-refractivity contribution >= 4 is 17.7 Å². The Kier molecular flexibility index (Phi) is 6.71. The van der Waals surface area contributed by atoms with Crippen LogP contribution in [0.25, 0.3) is 6.08 Å². The van der Waals surface area contributed by atoms with Crippen molar-refractivity contribution in [3.63, 3.8) is 0 Å². The Labute approximate surface area is 162 Å². The number of hydrogen-bond acceptors (Lipinski definition) is 6. The summed E-state index contributed by atoms with van der Waals surface area (Å²) in [5, 5.41) is 20.8. The van der Waals surface area contributed by atoms with E-state index in [0.29, 0.717) is 0 Å². The molecule has 0 atom stereocenters. The topological polar surface area (TPSA) is 106 Å². The minimum absolute atomic E-state index is 0.0701. The number of methoxy groups -OCH3 is 1. The quantitative estimate of drug-likeness (QED) is 0.316. The Morgan fingerprint density at radius 3 is 2.46 bits per heavy atom. The molecule has 0 fully saturated rings. The van der Waals surface area contributed by atoms with Crippen LogP contribution in [-0.2, 0) is 11.4 Å². The smallest absolute Gasteiger partial charge is 0.280 e. The Morgan fingerprint density at radius 2 is 1.93 bits per heavy atom. The van der Waals surface area contributed by atoms with Crippen LogP contribution in [-0.4, -0.2) is 36.9 Å². The Balaban J connectivity index is 2.46. The number of benzene rings is 2. The van der Waals surface area contributed by atoms with Gasteiger partial charge in [-0.2, -0.15) is 5.26 Å². The third kappa shape index (κ3) is 4.86. The zero-order chi connectivity index (χ0) is 20.7. The Morgan fingerprint density at radius 1 is 1.25 bits per heavy atom. The van der Waals surface area contributed by atoms with Crippen molar-refractivity contribution in [3.05, 3.63) is 69.3 Å². The van der Waals surface area contributed by atoms with E-state index in [2.05, 4.69) is 0 Å². The van der Waals surface area contributed by atoms with Gasteiger partial charge >= 0.3 is 0 Å². The molecular weight excluding hydrogens is 362 g/mol. The van der Waals surface area contributed by atoms with Crippen molar-refractivity contribution in [2.45, 2.75) is 6.61 Å². The van der Waals surface area contributed by atoms with E-state index in [0.717, 1.165) is 5.56 Å². The van der Waals surface area contributed by atoms with Gasteiger partial charge in [0, 0.05) is 14.1 Å². The monoisotopic (exact) mass is 381 g/mol. The van der Waals surface area contributed by atoms with Crippen molar-refractivity contribution in [2.24, 2.45) is 0 Å². The van der Waals surface area contributed by atoms with Crippen molar-refractivity contribution in [2.75, 3.05) is 21.2 Å². The second-order valence-corrected chi connectivity index (χ2v) is 5.96. The summed E-state index contributed by atoms with van der Waals surface area (Å²) in [7, 11) is 4.38. The molecular formula is C20H19N3O5. The van der Waals surface area contributed by atoms with Gasteiger partial charge in [0.1, 0.15) is 18.2 Å². The first-order valence-electron chi connectivity index (χ1n) is 8.24. The van der Waals surface area contributed by atoms with Crippen LogP contribution in [0.3, 0.4) is 0 Å². The minimum atomic E-state index is -0.601. The molecule has 1 amide bonds. The number of nitriles is 1. The van der Waals surface area contributed by atoms with Crippen LogP contribution in [0.15, 0.2) is 48.0 Å². The maximum atomic E-state index is 12.0. The number of nitro groups is 1. The van der Waals surface area contributed by atoms with Crippen LogP contribution in [0, 0.1) is 21.4 Å². The van der Waals surface area contributed by atoms with Crippen LogP contribution in [0.4, 0.5) is 5.69 Å². The molecule has 0 aliphatic rings. The molecule has 2 aromatic carbocycles. The lowest BCUT2D eigenvalue weighted by molar-refractivity contribution is -0.385. The molecule has 0 saturated heterocycles. The van der Waals surface area contributed by atoms with E-state index in [4.69, 9.17) is 9.47 Å². The second kappa shape index (κ2) is 9.19. The standard InChI is InChI=1S/C20H19N3O5/c1-22(2)20(24)16(12-21)9-15-10-18(27-3)19(11-17(15)23(25)26)28-13-14-7-5-4-6-8-14/h4-11H,13H2,1-3H3/b16-9-. The number of likely N-dealkylation sites (N-methyl/N-ethyl adjacent to an activating group) is 1. The van der Waals surface area contributed by atoms with E-state index in [9.17, 15) is 20.2 Å². The number of nitro benzene ring substituents is 1. The molecule has 2 rings (SSSR count). The van der Waals surface area contributed by atoms with Crippen LogP contribution < -0.4 is 9.47 Å². The van der Waals surface area contributed by atoms with Crippen molar-refractivity contribution in [1.82, 2.24) is 4.90 Å². The Bertz CT molecular complexity index is 946. The van der Waals surface area contributed by atoms with E-state index < -0.39 is 10.8 Å². The van der Waals surface area contributed by atoms with Gasteiger partial charge < -0.3 is 14.4 Å². The predicted molar refractivity (Wildman–Crippen MR) is 103 cm³/mol. The fourth-order valence-corrected chi connectivity index (χ4v) is 2.38. The maximum Gasteiger partial charge on any atom is 0.280 e. The molecule has 0 aliphatic carbocycles. The average molecular weight is 381 g/mol. The average Bonchev–Trinajstić information content (AvgIpc) is 2.70. The molecule has 8 nitrogen and oxygen atoms in total. The molecule has 0 heterocycles. The minimum Gasteiger partial charge on any atom is -0.493 e. The molecule has 0 unspecified atom stereocenters. The summed E-state index contributed by atoms with van der Waals surface area (Å²) in [5.41, 5.74) is 0.427. The first-order chi connectivity index (χ1) is 13.4. The van der Waals surface area contributed by atoms with E-state index in [-0.39, 0.29) is 34.9 Å². The van der Waals surface area contributed by atoms with Gasteiger partial charge in [0.15, 0.2) is 11.5 Å². The number of carbonyl (C=O) groups is 1. The van der Waals surface area contributed by atoms with Crippen LogP contribution >= 0.6 is 0 Å². The molecule has 0 spiro atoms. The second-order valence-electron chi connectivity index (χ2n) is 5.96. The number of carbonyl (C=O) groups excluding carboxylic acids is 1. The van der Waals surface area contributed by atoms with Gasteiger partial charge in [-0.1, -0.05) is 30.3 Å². The summed E-state index contributed by atoms with van der Waals surface area (Å²) in [6, 6.07) is 13.7. The highest BCUT2D eigenvalue weighted by Gasteiger charge is 2.21. The largest absolute Gasteiger partial charge is 0.493 e. The summed E-state index contributed by atoms with van der Waals surface area (Å²) in [6.07, 6.45) is 1.17. The van der Waals surface area contributed by atoms with E-state index in [1.165, 1.54) is 44.3 Å². The summed E-state index contributed by atoms with van der Waals surface area (Å²) in [6.45, 7) is 0.200. The number of ether oxygens (including phenoxy) is 2. The van der Waals surface area contributed by atoms with Crippen molar-refractivity contribution in [3.8, 4) is 17.6 Å². The molecule has 0 aliphatic heterocycles. The highest BCUT2D eigenvalue weighted by Crippen LogP contribution is 2.36. The van der Waals surface area contributed by atoms with Crippen LogP contribution in [0.2, 0.25) is 0 Å². The molecule has 0 radical (unpaired) electrons. The lowest BCUT2D eigenvalue weighted by atomic mass is 10.1. The van der Waals surface area contributed by atoms with Crippen molar-refractivity contribution < 1.29 is 19.2 Å². The number of nitrogens with zero attached hydrogens (tertiary/aromatic N) is 3. The van der Waals surface area contributed by atoms with E-state index in [1.54, 1.807) is 6.07 Å². The normalized spacial score (nSPS) is 10.7. The lowest BCUT2D eigenvalue weighted by Crippen LogP contribution is -2.22. The molecule has 28 heavy (non-hydrogen) atoms. The van der Waals surface area contributed by atoms with Gasteiger partial charge in [-0.3, -0.25) is 14.9 Å². The van der Waals surface area contributed by atoms with Crippen molar-refractivity contribution in [1.29, 1.82) is 5.26 Å². The van der Waals surface area contributed by atoms with E-state index >= 15 is 0 Å². The number of hydrogen-bond donors (Lipinski definition) is 0. The fourth-order valence-electron chi connectivity index (χ4n) is 2.38. The van der Waals surface area contributed by atoms with Gasteiger partial charge in [0.2, 0.25) is 0 Å². The van der Waals surface area contributed by atoms with Crippen LogP contribution in [0.5, 0.6) is 11.5 Å². The molecule has 0 bridgehead atoms. The predicted octanol–water partition coefficient (Wildman–Crippen LogP) is 3.18. The maximum absolute atomic E-state index is 12.0. The summed E-state index contributed by atoms with van der Waals surface area (Å²) < 4.78 is 11.0. The molecule has 0 N–H and O–H groups in total. The first-order valence-corrected chi connectivity index (χ1v) is 8.24. The molecule has 8 heteroatoms. The fraction of sp³-hybridized carbons (Fsp3) is 0.200. The first kappa shape index (κ1) is 20.5. The highest BCUT2D eigenvalue weighted by molar-refractivity contribution is 6.02. The van der Waals surface area contributed by atoms with Gasteiger partial charge in [-0.15, -0.1) is 0 Å².